The fourth-order valence-electron chi connectivity index (χ4n) is 4.00. The van der Waals surface area contributed by atoms with Gasteiger partial charge in [-0.2, -0.15) is 0 Å². The van der Waals surface area contributed by atoms with Crippen molar-refractivity contribution in [1.82, 2.24) is 14.7 Å². The average molecular weight is 431 g/mol. The van der Waals surface area contributed by atoms with Gasteiger partial charge >= 0.3 is 0 Å². The minimum Gasteiger partial charge on any atom is -0.454 e. The molecule has 1 amide bonds. The molecule has 0 fully saturated rings. The summed E-state index contributed by atoms with van der Waals surface area (Å²) in [6, 6.07) is 16.1. The zero-order valence-electron chi connectivity index (χ0n) is 17.5. The van der Waals surface area contributed by atoms with Gasteiger partial charge in [-0.15, -0.1) is 0 Å². The minimum absolute atomic E-state index is 0.0904. The number of halogens is 1. The first-order valence-electron chi connectivity index (χ1n) is 10.4. The molecule has 3 heterocycles. The Morgan fingerprint density at radius 2 is 2.00 bits per heavy atom. The second kappa shape index (κ2) is 8.34. The second-order valence-corrected chi connectivity index (χ2v) is 7.86. The van der Waals surface area contributed by atoms with E-state index < -0.39 is 5.92 Å². The van der Waals surface area contributed by atoms with Crippen LogP contribution in [0.25, 0.3) is 5.65 Å². The molecular formula is C25H22FN3O3. The lowest BCUT2D eigenvalue weighted by molar-refractivity contribution is -0.121. The summed E-state index contributed by atoms with van der Waals surface area (Å²) < 4.78 is 27.4. The van der Waals surface area contributed by atoms with Gasteiger partial charge in [0, 0.05) is 31.3 Å². The van der Waals surface area contributed by atoms with Crippen LogP contribution in [-0.2, 0) is 11.3 Å². The van der Waals surface area contributed by atoms with Gasteiger partial charge in [-0.05, 0) is 53.9 Å². The van der Waals surface area contributed by atoms with Crippen molar-refractivity contribution in [3.8, 4) is 11.5 Å². The third kappa shape index (κ3) is 3.89. The maximum absolute atomic E-state index is 14.7. The van der Waals surface area contributed by atoms with Gasteiger partial charge in [0.15, 0.2) is 11.5 Å². The van der Waals surface area contributed by atoms with Crippen LogP contribution in [0.15, 0.2) is 67.0 Å². The van der Waals surface area contributed by atoms with Crippen molar-refractivity contribution in [2.75, 3.05) is 6.79 Å². The molecule has 2 aromatic carbocycles. The molecule has 1 aliphatic heterocycles. The highest BCUT2D eigenvalue weighted by Crippen LogP contribution is 2.33. The molecule has 0 spiro atoms. The third-order valence-electron chi connectivity index (χ3n) is 5.65. The van der Waals surface area contributed by atoms with E-state index in [0.717, 1.165) is 22.5 Å². The number of fused-ring (bicyclic) bond motifs is 2. The van der Waals surface area contributed by atoms with Gasteiger partial charge in [-0.25, -0.2) is 9.37 Å². The van der Waals surface area contributed by atoms with Crippen molar-refractivity contribution in [3.63, 3.8) is 0 Å². The predicted octanol–water partition coefficient (Wildman–Crippen LogP) is 4.35. The molecule has 5 rings (SSSR count). The Bertz CT molecular complexity index is 1300. The number of aromatic nitrogens is 2. The summed E-state index contributed by atoms with van der Waals surface area (Å²) >= 11 is 0. The van der Waals surface area contributed by atoms with E-state index >= 15 is 0 Å². The molecule has 6 nitrogen and oxygen atoms in total. The first kappa shape index (κ1) is 20.1. The van der Waals surface area contributed by atoms with Crippen LogP contribution in [0.3, 0.4) is 0 Å². The van der Waals surface area contributed by atoms with Crippen LogP contribution in [-0.4, -0.2) is 22.1 Å². The molecule has 0 saturated carbocycles. The highest BCUT2D eigenvalue weighted by Gasteiger charge is 2.24. The Morgan fingerprint density at radius 3 is 2.88 bits per heavy atom. The number of rotatable bonds is 6. The molecule has 1 N–H and O–H groups in total. The quantitative estimate of drug-likeness (QED) is 0.493. The highest BCUT2D eigenvalue weighted by atomic mass is 19.1. The number of nitrogens with one attached hydrogen (secondary N) is 1. The van der Waals surface area contributed by atoms with Gasteiger partial charge in [0.05, 0.1) is 5.69 Å². The number of amides is 1. The van der Waals surface area contributed by atoms with Crippen molar-refractivity contribution in [3.05, 3.63) is 95.2 Å². The van der Waals surface area contributed by atoms with Crippen LogP contribution in [0.5, 0.6) is 11.5 Å². The summed E-state index contributed by atoms with van der Waals surface area (Å²) in [6.07, 6.45) is 3.72. The Hall–Kier alpha value is -3.87. The van der Waals surface area contributed by atoms with Gasteiger partial charge in [-0.1, -0.05) is 24.3 Å². The van der Waals surface area contributed by atoms with E-state index in [9.17, 15) is 9.18 Å². The Labute approximate surface area is 184 Å². The highest BCUT2D eigenvalue weighted by molar-refractivity contribution is 5.77. The van der Waals surface area contributed by atoms with Crippen LogP contribution in [0, 0.1) is 12.7 Å². The van der Waals surface area contributed by atoms with Crippen LogP contribution in [0.1, 0.15) is 34.7 Å². The Morgan fingerprint density at radius 1 is 1.16 bits per heavy atom. The molecule has 32 heavy (non-hydrogen) atoms. The van der Waals surface area contributed by atoms with E-state index in [1.807, 2.05) is 47.9 Å². The molecule has 1 atom stereocenters. The molecular weight excluding hydrogens is 409 g/mol. The maximum Gasteiger partial charge on any atom is 0.231 e. The number of aryl methyl sites for hydroxylation is 1. The number of benzene rings is 2. The summed E-state index contributed by atoms with van der Waals surface area (Å²) in [4.78, 5) is 17.4. The summed E-state index contributed by atoms with van der Waals surface area (Å²) in [6.45, 7) is 2.53. The maximum atomic E-state index is 14.7. The van der Waals surface area contributed by atoms with Gasteiger partial charge in [-0.3, -0.25) is 4.79 Å². The lowest BCUT2D eigenvalue weighted by Crippen LogP contribution is -2.25. The molecule has 2 aromatic heterocycles. The number of nitrogens with zero attached hydrogens (tertiary/aromatic N) is 2. The fraction of sp³-hybridized carbons (Fsp3) is 0.200. The summed E-state index contributed by atoms with van der Waals surface area (Å²) in [5.41, 5.74) is 3.98. The first-order valence-corrected chi connectivity index (χ1v) is 10.4. The zero-order chi connectivity index (χ0) is 22.1. The Balaban J connectivity index is 1.39. The number of imidazole rings is 1. The molecule has 1 unspecified atom stereocenters. The monoisotopic (exact) mass is 431 g/mol. The number of pyridine rings is 1. The van der Waals surface area contributed by atoms with E-state index in [4.69, 9.17) is 9.47 Å². The molecule has 0 saturated heterocycles. The van der Waals surface area contributed by atoms with Crippen molar-refractivity contribution in [1.29, 1.82) is 0 Å². The van der Waals surface area contributed by atoms with Gasteiger partial charge in [0.25, 0.3) is 0 Å². The third-order valence-corrected chi connectivity index (χ3v) is 5.65. The lowest BCUT2D eigenvalue weighted by Gasteiger charge is -2.18. The number of hydrogen-bond donors (Lipinski definition) is 1. The van der Waals surface area contributed by atoms with Gasteiger partial charge in [0.1, 0.15) is 11.5 Å². The van der Waals surface area contributed by atoms with Crippen molar-refractivity contribution < 1.29 is 18.7 Å². The topological polar surface area (TPSA) is 64.9 Å². The summed E-state index contributed by atoms with van der Waals surface area (Å²) in [7, 11) is 0. The second-order valence-electron chi connectivity index (χ2n) is 7.86. The average Bonchev–Trinajstić information content (AvgIpc) is 3.43. The summed E-state index contributed by atoms with van der Waals surface area (Å²) in [5.74, 6) is 0.358. The number of hydrogen-bond acceptors (Lipinski definition) is 4. The molecule has 0 aliphatic carbocycles. The van der Waals surface area contributed by atoms with E-state index in [1.54, 1.807) is 24.4 Å². The predicted molar refractivity (Wildman–Crippen MR) is 117 cm³/mol. The summed E-state index contributed by atoms with van der Waals surface area (Å²) in [5, 5.41) is 2.94. The zero-order valence-corrected chi connectivity index (χ0v) is 17.5. The smallest absolute Gasteiger partial charge is 0.231 e. The largest absolute Gasteiger partial charge is 0.454 e. The number of carbonyl (C=O) groups is 1. The van der Waals surface area contributed by atoms with E-state index in [-0.39, 0.29) is 24.9 Å². The Kier molecular flexibility index (Phi) is 5.23. The van der Waals surface area contributed by atoms with Gasteiger partial charge in [0.2, 0.25) is 12.7 Å². The molecule has 1 aliphatic rings. The molecule has 0 radical (unpaired) electrons. The van der Waals surface area contributed by atoms with Crippen LogP contribution in [0.4, 0.5) is 4.39 Å². The van der Waals surface area contributed by atoms with E-state index in [1.165, 1.54) is 6.07 Å². The van der Waals surface area contributed by atoms with Crippen LogP contribution in [0.2, 0.25) is 0 Å². The lowest BCUT2D eigenvalue weighted by atomic mass is 9.91. The number of ether oxygens (including phenoxy) is 2. The van der Waals surface area contributed by atoms with Crippen LogP contribution >= 0.6 is 0 Å². The molecule has 4 aromatic rings. The van der Waals surface area contributed by atoms with Crippen molar-refractivity contribution in [2.45, 2.75) is 25.8 Å². The standard InChI is InChI=1S/C25H22FN3O3/c1-16-8-9-29-21(14-27-24(29)10-16)19(18-4-2-3-5-20(18)26)12-25(30)28-13-17-6-7-22-23(11-17)32-15-31-22/h2-11,14,19H,12-13,15H2,1H3,(H,28,30). The minimum atomic E-state index is -0.481. The van der Waals surface area contributed by atoms with Gasteiger partial charge < -0.3 is 19.2 Å². The van der Waals surface area contributed by atoms with Crippen LogP contribution < -0.4 is 14.8 Å². The molecule has 7 heteroatoms. The van der Waals surface area contributed by atoms with E-state index in [0.29, 0.717) is 23.6 Å². The SMILES string of the molecule is Cc1ccn2c(C(CC(=O)NCc3ccc4c(c3)OCO4)c3ccccc3F)cnc2c1. The van der Waals surface area contributed by atoms with Crippen molar-refractivity contribution >= 4 is 11.6 Å². The normalized spacial score (nSPS) is 13.3. The first-order chi connectivity index (χ1) is 15.6. The van der Waals surface area contributed by atoms with E-state index in [2.05, 4.69) is 10.3 Å². The molecule has 162 valence electrons. The number of carbonyl (C=O) groups excluding carboxylic acids is 1. The molecule has 0 bridgehead atoms. The van der Waals surface area contributed by atoms with Crippen molar-refractivity contribution in [2.24, 2.45) is 0 Å². The fourth-order valence-corrected chi connectivity index (χ4v) is 4.00.